The van der Waals surface area contributed by atoms with Crippen molar-refractivity contribution in [1.82, 2.24) is 5.32 Å². The zero-order valence-electron chi connectivity index (χ0n) is 16.3. The largest absolute Gasteiger partial charge is 0.493 e. The van der Waals surface area contributed by atoms with E-state index in [0.717, 1.165) is 36.1 Å². The average molecular weight is 375 g/mol. The average Bonchev–Trinajstić information content (AvgIpc) is 3.19. The Morgan fingerprint density at radius 2 is 2.07 bits per heavy atom. The first-order valence-corrected chi connectivity index (χ1v) is 9.23. The molecule has 0 bridgehead atoms. The summed E-state index contributed by atoms with van der Waals surface area (Å²) < 4.78 is 21.7. The van der Waals surface area contributed by atoms with E-state index in [1.165, 1.54) is 0 Å². The lowest BCUT2D eigenvalue weighted by molar-refractivity contribution is 0.105. The molecule has 0 saturated heterocycles. The van der Waals surface area contributed by atoms with Gasteiger partial charge in [-0.25, -0.2) is 0 Å². The van der Waals surface area contributed by atoms with Gasteiger partial charge in [0.1, 0.15) is 12.4 Å². The molecule has 0 spiro atoms. The van der Waals surface area contributed by atoms with E-state index in [4.69, 9.17) is 18.6 Å². The molecule has 1 aromatic heterocycles. The number of furan rings is 1. The Hall–Kier alpha value is -2.67. The van der Waals surface area contributed by atoms with Crippen molar-refractivity contribution >= 4 is 11.6 Å². The van der Waals surface area contributed by atoms with E-state index in [2.05, 4.69) is 15.6 Å². The predicted octanol–water partition coefficient (Wildman–Crippen LogP) is 3.67. The number of hydrogen-bond donors (Lipinski definition) is 2. The molecule has 148 valence electrons. The van der Waals surface area contributed by atoms with Crippen LogP contribution in [-0.4, -0.2) is 39.4 Å². The molecule has 0 aliphatic heterocycles. The van der Waals surface area contributed by atoms with Crippen LogP contribution in [0.25, 0.3) is 0 Å². The molecule has 0 amide bonds. The van der Waals surface area contributed by atoms with Crippen LogP contribution in [0.1, 0.15) is 26.0 Å². The highest BCUT2D eigenvalue weighted by Crippen LogP contribution is 2.30. The third-order valence-corrected chi connectivity index (χ3v) is 3.61. The first-order valence-electron chi connectivity index (χ1n) is 9.23. The third kappa shape index (κ3) is 7.22. The summed E-state index contributed by atoms with van der Waals surface area (Å²) in [4.78, 5) is 4.58. The molecule has 7 nitrogen and oxygen atoms in total. The van der Waals surface area contributed by atoms with Crippen molar-refractivity contribution in [3.8, 4) is 11.5 Å². The Morgan fingerprint density at radius 3 is 2.78 bits per heavy atom. The second-order valence-corrected chi connectivity index (χ2v) is 5.67. The summed E-state index contributed by atoms with van der Waals surface area (Å²) in [6, 6.07) is 9.47. The standard InChI is InChI=1S/C20H29N3O4/c1-4-21-20(22-11-7-12-25-15-17-8-6-13-27-17)23-16-9-10-18(26-5-2)19(14-16)24-3/h6,8-10,13-14H,4-5,7,11-12,15H2,1-3H3,(H2,21,22,23). The smallest absolute Gasteiger partial charge is 0.195 e. The minimum atomic E-state index is 0.487. The zero-order valence-corrected chi connectivity index (χ0v) is 16.3. The van der Waals surface area contributed by atoms with Crippen LogP contribution in [0.5, 0.6) is 11.5 Å². The van der Waals surface area contributed by atoms with Gasteiger partial charge < -0.3 is 29.3 Å². The van der Waals surface area contributed by atoms with E-state index < -0.39 is 0 Å². The van der Waals surface area contributed by atoms with Crippen LogP contribution >= 0.6 is 0 Å². The Morgan fingerprint density at radius 1 is 1.19 bits per heavy atom. The van der Waals surface area contributed by atoms with Gasteiger partial charge in [0, 0.05) is 31.5 Å². The maximum absolute atomic E-state index is 5.57. The van der Waals surface area contributed by atoms with Crippen molar-refractivity contribution in [2.24, 2.45) is 4.99 Å². The fourth-order valence-corrected chi connectivity index (χ4v) is 2.39. The number of methoxy groups -OCH3 is 1. The summed E-state index contributed by atoms with van der Waals surface area (Å²) in [6.07, 6.45) is 2.47. The molecule has 7 heteroatoms. The van der Waals surface area contributed by atoms with Crippen LogP contribution in [-0.2, 0) is 11.3 Å². The normalized spacial score (nSPS) is 11.3. The molecule has 1 heterocycles. The van der Waals surface area contributed by atoms with Gasteiger partial charge in [-0.1, -0.05) is 0 Å². The number of rotatable bonds is 11. The molecular weight excluding hydrogens is 346 g/mol. The lowest BCUT2D eigenvalue weighted by Crippen LogP contribution is -2.30. The number of guanidine groups is 1. The van der Waals surface area contributed by atoms with Gasteiger partial charge in [-0.3, -0.25) is 4.99 Å². The number of benzene rings is 1. The number of hydrogen-bond acceptors (Lipinski definition) is 5. The molecule has 27 heavy (non-hydrogen) atoms. The maximum Gasteiger partial charge on any atom is 0.195 e. The SMILES string of the molecule is CCNC(=NCCCOCc1ccco1)Nc1ccc(OCC)c(OC)c1. The molecular formula is C20H29N3O4. The Kier molecular flexibility index (Phi) is 9.06. The Balaban J connectivity index is 1.83. The van der Waals surface area contributed by atoms with Gasteiger partial charge in [-0.05, 0) is 44.5 Å². The van der Waals surface area contributed by atoms with Crippen LogP contribution in [0, 0.1) is 0 Å². The van der Waals surface area contributed by atoms with Crippen molar-refractivity contribution in [1.29, 1.82) is 0 Å². The Labute approximate surface area is 160 Å². The lowest BCUT2D eigenvalue weighted by Gasteiger charge is -2.14. The van der Waals surface area contributed by atoms with Gasteiger partial charge in [0.05, 0.1) is 20.0 Å². The summed E-state index contributed by atoms with van der Waals surface area (Å²) in [6.45, 7) is 7.11. The van der Waals surface area contributed by atoms with E-state index in [1.54, 1.807) is 13.4 Å². The van der Waals surface area contributed by atoms with Crippen molar-refractivity contribution in [3.63, 3.8) is 0 Å². The van der Waals surface area contributed by atoms with E-state index in [-0.39, 0.29) is 0 Å². The molecule has 1 aromatic carbocycles. The van der Waals surface area contributed by atoms with E-state index in [0.29, 0.717) is 32.1 Å². The maximum atomic E-state index is 5.57. The third-order valence-electron chi connectivity index (χ3n) is 3.61. The summed E-state index contributed by atoms with van der Waals surface area (Å²) in [7, 11) is 1.63. The predicted molar refractivity (Wildman–Crippen MR) is 107 cm³/mol. The van der Waals surface area contributed by atoms with Gasteiger partial charge >= 0.3 is 0 Å². The highest BCUT2D eigenvalue weighted by molar-refractivity contribution is 5.93. The molecule has 0 aliphatic carbocycles. The van der Waals surface area contributed by atoms with E-state index in [1.807, 2.05) is 44.2 Å². The first-order chi connectivity index (χ1) is 13.3. The van der Waals surface area contributed by atoms with Crippen molar-refractivity contribution in [3.05, 3.63) is 42.4 Å². The molecule has 2 rings (SSSR count). The van der Waals surface area contributed by atoms with Crippen LogP contribution in [0.4, 0.5) is 5.69 Å². The van der Waals surface area contributed by atoms with Crippen LogP contribution in [0.3, 0.4) is 0 Å². The topological polar surface area (TPSA) is 77.3 Å². The number of nitrogens with zero attached hydrogens (tertiary/aromatic N) is 1. The number of ether oxygens (including phenoxy) is 3. The summed E-state index contributed by atoms with van der Waals surface area (Å²) in [5.74, 6) is 2.96. The molecule has 0 atom stereocenters. The van der Waals surface area contributed by atoms with Gasteiger partial charge in [-0.15, -0.1) is 0 Å². The van der Waals surface area contributed by atoms with E-state index >= 15 is 0 Å². The molecule has 0 saturated carbocycles. The monoisotopic (exact) mass is 375 g/mol. The molecule has 2 N–H and O–H groups in total. The lowest BCUT2D eigenvalue weighted by atomic mass is 10.2. The van der Waals surface area contributed by atoms with Gasteiger partial charge in [-0.2, -0.15) is 0 Å². The highest BCUT2D eigenvalue weighted by Gasteiger charge is 2.07. The highest BCUT2D eigenvalue weighted by atomic mass is 16.5. The van der Waals surface area contributed by atoms with Crippen LogP contribution in [0.2, 0.25) is 0 Å². The Bertz CT molecular complexity index is 687. The molecule has 0 unspecified atom stereocenters. The quantitative estimate of drug-likeness (QED) is 0.354. The van der Waals surface area contributed by atoms with Gasteiger partial charge in [0.25, 0.3) is 0 Å². The van der Waals surface area contributed by atoms with Crippen molar-refractivity contribution in [2.75, 3.05) is 38.7 Å². The molecule has 0 aliphatic rings. The van der Waals surface area contributed by atoms with E-state index in [9.17, 15) is 0 Å². The second-order valence-electron chi connectivity index (χ2n) is 5.67. The fourth-order valence-electron chi connectivity index (χ4n) is 2.39. The minimum absolute atomic E-state index is 0.487. The summed E-state index contributed by atoms with van der Waals surface area (Å²) in [5.41, 5.74) is 0.879. The summed E-state index contributed by atoms with van der Waals surface area (Å²) in [5, 5.41) is 6.52. The van der Waals surface area contributed by atoms with Crippen LogP contribution in [0.15, 0.2) is 46.0 Å². The van der Waals surface area contributed by atoms with Gasteiger partial charge in [0.15, 0.2) is 17.5 Å². The second kappa shape index (κ2) is 11.9. The number of aliphatic imine (C=N–C) groups is 1. The zero-order chi connectivity index (χ0) is 19.3. The first kappa shape index (κ1) is 20.6. The van der Waals surface area contributed by atoms with Crippen molar-refractivity contribution < 1.29 is 18.6 Å². The van der Waals surface area contributed by atoms with Crippen molar-refractivity contribution in [2.45, 2.75) is 26.9 Å². The minimum Gasteiger partial charge on any atom is -0.493 e. The van der Waals surface area contributed by atoms with Crippen LogP contribution < -0.4 is 20.1 Å². The summed E-state index contributed by atoms with van der Waals surface area (Å²) >= 11 is 0. The molecule has 0 fully saturated rings. The van der Waals surface area contributed by atoms with Gasteiger partial charge in [0.2, 0.25) is 0 Å². The number of anilines is 1. The fraction of sp³-hybridized carbons (Fsp3) is 0.450. The molecule has 2 aromatic rings. The number of nitrogens with one attached hydrogen (secondary N) is 2. The molecule has 0 radical (unpaired) electrons.